The number of benzene rings is 1. The van der Waals surface area contributed by atoms with Crippen molar-refractivity contribution in [3.05, 3.63) is 81.8 Å². The molecule has 0 saturated carbocycles. The van der Waals surface area contributed by atoms with Gasteiger partial charge < -0.3 is 10.2 Å². The quantitative estimate of drug-likeness (QED) is 0.632. The molecular formula is C22H21FN4O2S. The fourth-order valence-corrected chi connectivity index (χ4v) is 4.33. The summed E-state index contributed by atoms with van der Waals surface area (Å²) in [5.74, 6) is -0.485. The molecule has 30 heavy (non-hydrogen) atoms. The molecule has 3 aromatic rings. The van der Waals surface area contributed by atoms with Gasteiger partial charge in [0.05, 0.1) is 12.7 Å². The molecule has 2 amide bonds. The lowest BCUT2D eigenvalue weighted by atomic mass is 9.98. The van der Waals surface area contributed by atoms with Crippen LogP contribution in [-0.4, -0.2) is 33.2 Å². The number of pyridine rings is 1. The molecular weight excluding hydrogens is 403 g/mol. The Kier molecular flexibility index (Phi) is 6.13. The molecule has 154 valence electrons. The molecule has 0 aliphatic carbocycles. The van der Waals surface area contributed by atoms with Gasteiger partial charge in [-0.3, -0.25) is 14.6 Å². The van der Waals surface area contributed by atoms with Gasteiger partial charge in [0.25, 0.3) is 5.91 Å². The van der Waals surface area contributed by atoms with Crippen LogP contribution in [-0.2, 0) is 24.3 Å². The predicted molar refractivity (Wildman–Crippen MR) is 111 cm³/mol. The van der Waals surface area contributed by atoms with Gasteiger partial charge in [0, 0.05) is 31.4 Å². The van der Waals surface area contributed by atoms with E-state index < -0.39 is 0 Å². The number of aromatic nitrogens is 2. The third-order valence-corrected chi connectivity index (χ3v) is 6.06. The number of likely N-dealkylation sites (tertiary alicyclic amines) is 1. The standard InChI is InChI=1S/C22H21FN4O2S/c23-18-5-3-15(4-6-18)10-17-7-9-27(22(17)29)14-20-25-13-19(30-20)21(28)26-12-16-2-1-8-24-11-16/h1-6,8,11,13,17H,7,9-10,12,14H2,(H,26,28). The van der Waals surface area contributed by atoms with Gasteiger partial charge >= 0.3 is 0 Å². The number of halogens is 1. The number of nitrogens with one attached hydrogen (secondary N) is 1. The maximum absolute atomic E-state index is 13.1. The van der Waals surface area contributed by atoms with Gasteiger partial charge in [0.1, 0.15) is 15.7 Å². The molecule has 1 atom stereocenters. The number of amides is 2. The van der Waals surface area contributed by atoms with E-state index in [2.05, 4.69) is 15.3 Å². The lowest BCUT2D eigenvalue weighted by Crippen LogP contribution is -2.27. The number of nitrogens with zero attached hydrogens (tertiary/aromatic N) is 3. The van der Waals surface area contributed by atoms with E-state index in [0.29, 0.717) is 30.9 Å². The summed E-state index contributed by atoms with van der Waals surface area (Å²) in [5.41, 5.74) is 1.88. The molecule has 1 saturated heterocycles. The van der Waals surface area contributed by atoms with Gasteiger partial charge in [0.15, 0.2) is 0 Å². The minimum atomic E-state index is -0.276. The Bertz CT molecular complexity index is 1020. The fraction of sp³-hybridized carbons (Fsp3) is 0.273. The summed E-state index contributed by atoms with van der Waals surface area (Å²) in [5, 5.41) is 3.59. The highest BCUT2D eigenvalue weighted by Gasteiger charge is 2.32. The topological polar surface area (TPSA) is 75.2 Å². The maximum Gasteiger partial charge on any atom is 0.263 e. The summed E-state index contributed by atoms with van der Waals surface area (Å²) < 4.78 is 13.1. The number of hydrogen-bond donors (Lipinski definition) is 1. The van der Waals surface area contributed by atoms with E-state index >= 15 is 0 Å². The van der Waals surface area contributed by atoms with Crippen molar-refractivity contribution in [3.8, 4) is 0 Å². The first-order chi connectivity index (χ1) is 14.6. The Hall–Kier alpha value is -3.13. The molecule has 1 N–H and O–H groups in total. The van der Waals surface area contributed by atoms with Crippen LogP contribution in [0.2, 0.25) is 0 Å². The molecule has 0 bridgehead atoms. The van der Waals surface area contributed by atoms with E-state index in [1.54, 1.807) is 35.6 Å². The molecule has 1 aliphatic rings. The minimum absolute atomic E-state index is 0.0807. The minimum Gasteiger partial charge on any atom is -0.347 e. The lowest BCUT2D eigenvalue weighted by Gasteiger charge is -2.15. The second-order valence-corrected chi connectivity index (χ2v) is 8.35. The van der Waals surface area contributed by atoms with Crippen LogP contribution >= 0.6 is 11.3 Å². The smallest absolute Gasteiger partial charge is 0.263 e. The average Bonchev–Trinajstić information content (AvgIpc) is 3.37. The van der Waals surface area contributed by atoms with E-state index in [9.17, 15) is 14.0 Å². The monoisotopic (exact) mass is 424 g/mol. The Labute approximate surface area is 177 Å². The van der Waals surface area contributed by atoms with E-state index in [0.717, 1.165) is 22.6 Å². The van der Waals surface area contributed by atoms with Crippen LogP contribution in [0.3, 0.4) is 0 Å². The third kappa shape index (κ3) is 4.88. The van der Waals surface area contributed by atoms with Crippen LogP contribution < -0.4 is 5.32 Å². The average molecular weight is 425 g/mol. The van der Waals surface area contributed by atoms with Crippen molar-refractivity contribution >= 4 is 23.2 Å². The molecule has 0 spiro atoms. The van der Waals surface area contributed by atoms with E-state index in [1.807, 2.05) is 12.1 Å². The van der Waals surface area contributed by atoms with Crippen molar-refractivity contribution < 1.29 is 14.0 Å². The molecule has 3 heterocycles. The van der Waals surface area contributed by atoms with Crippen molar-refractivity contribution in [2.45, 2.75) is 25.9 Å². The van der Waals surface area contributed by atoms with Crippen molar-refractivity contribution in [1.82, 2.24) is 20.2 Å². The molecule has 0 radical (unpaired) electrons. The molecule has 2 aromatic heterocycles. The third-order valence-electron chi connectivity index (χ3n) is 5.08. The van der Waals surface area contributed by atoms with Crippen molar-refractivity contribution in [2.75, 3.05) is 6.54 Å². The highest BCUT2D eigenvalue weighted by Crippen LogP contribution is 2.25. The molecule has 4 rings (SSSR count). The molecule has 1 aromatic carbocycles. The summed E-state index contributed by atoms with van der Waals surface area (Å²) in [6.45, 7) is 1.46. The molecule has 8 heteroatoms. The first-order valence-corrected chi connectivity index (χ1v) is 10.5. The molecule has 1 unspecified atom stereocenters. The van der Waals surface area contributed by atoms with Crippen LogP contribution in [0.1, 0.15) is 32.2 Å². The number of rotatable bonds is 7. The number of thiazole rings is 1. The SMILES string of the molecule is O=C(NCc1cccnc1)c1cnc(CN2CCC(Cc3ccc(F)cc3)C2=O)s1. The summed E-state index contributed by atoms with van der Waals surface area (Å²) in [4.78, 5) is 35.7. The van der Waals surface area contributed by atoms with Crippen LogP contribution in [0.25, 0.3) is 0 Å². The number of carbonyl (C=O) groups excluding carboxylic acids is 2. The normalized spacial score (nSPS) is 16.1. The van der Waals surface area contributed by atoms with Crippen molar-refractivity contribution in [1.29, 1.82) is 0 Å². The summed E-state index contributed by atoms with van der Waals surface area (Å²) in [6, 6.07) is 10.0. The lowest BCUT2D eigenvalue weighted by molar-refractivity contribution is -0.131. The predicted octanol–water partition coefficient (Wildman–Crippen LogP) is 3.20. The molecule has 6 nitrogen and oxygen atoms in total. The second kappa shape index (κ2) is 9.13. The van der Waals surface area contributed by atoms with Gasteiger partial charge in [-0.25, -0.2) is 9.37 Å². The first kappa shape index (κ1) is 20.2. The van der Waals surface area contributed by atoms with Crippen molar-refractivity contribution in [3.63, 3.8) is 0 Å². The summed E-state index contributed by atoms with van der Waals surface area (Å²) >= 11 is 1.30. The Morgan fingerprint density at radius 1 is 1.20 bits per heavy atom. The van der Waals surface area contributed by atoms with Gasteiger partial charge in [-0.15, -0.1) is 11.3 Å². The zero-order valence-electron chi connectivity index (χ0n) is 16.3. The highest BCUT2D eigenvalue weighted by atomic mass is 32.1. The first-order valence-electron chi connectivity index (χ1n) is 9.73. The van der Waals surface area contributed by atoms with Crippen LogP contribution in [0.15, 0.2) is 55.0 Å². The van der Waals surface area contributed by atoms with E-state index in [1.165, 1.54) is 23.5 Å². The largest absolute Gasteiger partial charge is 0.347 e. The van der Waals surface area contributed by atoms with Gasteiger partial charge in [-0.1, -0.05) is 18.2 Å². The van der Waals surface area contributed by atoms with Crippen molar-refractivity contribution in [2.24, 2.45) is 5.92 Å². The summed E-state index contributed by atoms with van der Waals surface area (Å²) in [6.07, 6.45) is 6.31. The summed E-state index contributed by atoms with van der Waals surface area (Å²) in [7, 11) is 0. The van der Waals surface area contributed by atoms with Crippen LogP contribution in [0.4, 0.5) is 4.39 Å². The zero-order valence-corrected chi connectivity index (χ0v) is 17.1. The van der Waals surface area contributed by atoms with Gasteiger partial charge in [-0.05, 0) is 42.2 Å². The van der Waals surface area contributed by atoms with Crippen LogP contribution in [0, 0.1) is 11.7 Å². The molecule has 1 aliphatic heterocycles. The van der Waals surface area contributed by atoms with Gasteiger partial charge in [-0.2, -0.15) is 0 Å². The highest BCUT2D eigenvalue weighted by molar-refractivity contribution is 7.13. The zero-order chi connectivity index (χ0) is 20.9. The van der Waals surface area contributed by atoms with Crippen LogP contribution in [0.5, 0.6) is 0 Å². The van der Waals surface area contributed by atoms with E-state index in [4.69, 9.17) is 0 Å². The van der Waals surface area contributed by atoms with E-state index in [-0.39, 0.29) is 23.5 Å². The molecule has 1 fully saturated rings. The number of hydrogen-bond acceptors (Lipinski definition) is 5. The Morgan fingerprint density at radius 2 is 2.03 bits per heavy atom. The van der Waals surface area contributed by atoms with Gasteiger partial charge in [0.2, 0.25) is 5.91 Å². The Morgan fingerprint density at radius 3 is 2.80 bits per heavy atom. The Balaban J connectivity index is 1.30. The second-order valence-electron chi connectivity index (χ2n) is 7.24. The maximum atomic E-state index is 13.1. The fourth-order valence-electron chi connectivity index (χ4n) is 3.48. The number of carbonyl (C=O) groups is 2.